The summed E-state index contributed by atoms with van der Waals surface area (Å²) in [7, 11) is 0. The lowest BCUT2D eigenvalue weighted by molar-refractivity contribution is -0.142. The van der Waals surface area contributed by atoms with E-state index in [0.717, 1.165) is 16.5 Å². The molecule has 0 unspecified atom stereocenters. The highest BCUT2D eigenvalue weighted by atomic mass is 79.9. The fraction of sp³-hybridized carbons (Fsp3) is 0.364. The van der Waals surface area contributed by atoms with E-state index >= 15 is 0 Å². The van der Waals surface area contributed by atoms with Gasteiger partial charge in [-0.15, -0.1) is 0 Å². The van der Waals surface area contributed by atoms with Crippen molar-refractivity contribution in [1.29, 1.82) is 0 Å². The molecule has 2 nitrogen and oxygen atoms in total. The Kier molecular flexibility index (Phi) is 4.66. The second-order valence-corrected chi connectivity index (χ2v) is 3.44. The number of esters is 1. The minimum absolute atomic E-state index is 0.166. The third-order valence-corrected chi connectivity index (χ3v) is 2.51. The summed E-state index contributed by atoms with van der Waals surface area (Å²) in [5.41, 5.74) is 2.17. The molecule has 0 radical (unpaired) electrons. The summed E-state index contributed by atoms with van der Waals surface area (Å²) in [6, 6.07) is 7.85. The lowest BCUT2D eigenvalue weighted by atomic mass is 10.1. The zero-order chi connectivity index (χ0) is 10.4. The van der Waals surface area contributed by atoms with Gasteiger partial charge in [-0.2, -0.15) is 0 Å². The Labute approximate surface area is 92.4 Å². The smallest absolute Gasteiger partial charge is 0.310 e. The third-order valence-electron chi connectivity index (χ3n) is 1.90. The average Bonchev–Trinajstić information content (AvgIpc) is 2.19. The van der Waals surface area contributed by atoms with E-state index in [4.69, 9.17) is 4.74 Å². The first kappa shape index (κ1) is 11.2. The molecule has 0 aliphatic carbocycles. The van der Waals surface area contributed by atoms with Crippen molar-refractivity contribution in [2.45, 2.75) is 18.7 Å². The van der Waals surface area contributed by atoms with Crippen LogP contribution in [0.15, 0.2) is 24.3 Å². The van der Waals surface area contributed by atoms with Gasteiger partial charge in [0.1, 0.15) is 0 Å². The Balaban J connectivity index is 2.70. The summed E-state index contributed by atoms with van der Waals surface area (Å²) in [6.07, 6.45) is 0.357. The van der Waals surface area contributed by atoms with Crippen LogP contribution < -0.4 is 0 Å². The van der Waals surface area contributed by atoms with Crippen LogP contribution in [0.3, 0.4) is 0 Å². The number of alkyl halides is 1. The van der Waals surface area contributed by atoms with E-state index in [9.17, 15) is 4.79 Å². The molecule has 0 bridgehead atoms. The van der Waals surface area contributed by atoms with Crippen molar-refractivity contribution in [3.63, 3.8) is 0 Å². The average molecular weight is 257 g/mol. The largest absolute Gasteiger partial charge is 0.466 e. The maximum Gasteiger partial charge on any atom is 0.310 e. The van der Waals surface area contributed by atoms with Gasteiger partial charge in [-0.3, -0.25) is 4.79 Å². The standard InChI is InChI=1S/C11H13BrO2/c1-2-14-11(13)7-9-5-3-4-6-10(9)8-12/h3-6H,2,7-8H2,1H3. The van der Waals surface area contributed by atoms with Crippen LogP contribution in [0.4, 0.5) is 0 Å². The second-order valence-electron chi connectivity index (χ2n) is 2.88. The minimum atomic E-state index is -0.166. The molecule has 0 N–H and O–H groups in total. The van der Waals surface area contributed by atoms with E-state index in [2.05, 4.69) is 15.9 Å². The van der Waals surface area contributed by atoms with Crippen molar-refractivity contribution < 1.29 is 9.53 Å². The molecule has 0 heterocycles. The normalized spacial score (nSPS) is 9.86. The highest BCUT2D eigenvalue weighted by Gasteiger charge is 2.06. The van der Waals surface area contributed by atoms with Crippen molar-refractivity contribution in [2.24, 2.45) is 0 Å². The van der Waals surface area contributed by atoms with Crippen LogP contribution in [0, 0.1) is 0 Å². The highest BCUT2D eigenvalue weighted by Crippen LogP contribution is 2.13. The van der Waals surface area contributed by atoms with Gasteiger partial charge in [-0.1, -0.05) is 40.2 Å². The number of benzene rings is 1. The Hall–Kier alpha value is -0.830. The van der Waals surface area contributed by atoms with Crippen LogP contribution in [0.1, 0.15) is 18.1 Å². The van der Waals surface area contributed by atoms with E-state index in [1.54, 1.807) is 0 Å². The van der Waals surface area contributed by atoms with E-state index in [1.807, 2.05) is 31.2 Å². The third kappa shape index (κ3) is 3.14. The molecule has 1 aromatic rings. The number of hydrogen-bond donors (Lipinski definition) is 0. The number of carbonyl (C=O) groups is 1. The van der Waals surface area contributed by atoms with Crippen LogP contribution in [0.2, 0.25) is 0 Å². The van der Waals surface area contributed by atoms with Gasteiger partial charge >= 0.3 is 5.97 Å². The molecule has 1 rings (SSSR count). The Morgan fingerprint density at radius 2 is 2.00 bits per heavy atom. The molecule has 0 aliphatic rings. The topological polar surface area (TPSA) is 26.3 Å². The van der Waals surface area contributed by atoms with Gasteiger partial charge in [0.2, 0.25) is 0 Å². The number of ether oxygens (including phenoxy) is 1. The molecule has 0 aliphatic heterocycles. The molecule has 0 saturated carbocycles. The lowest BCUT2D eigenvalue weighted by Gasteiger charge is -2.06. The van der Waals surface area contributed by atoms with E-state index in [1.165, 1.54) is 0 Å². The highest BCUT2D eigenvalue weighted by molar-refractivity contribution is 9.08. The molecule has 76 valence electrons. The summed E-state index contributed by atoms with van der Waals surface area (Å²) < 4.78 is 4.89. The van der Waals surface area contributed by atoms with E-state index in [-0.39, 0.29) is 5.97 Å². The van der Waals surface area contributed by atoms with Gasteiger partial charge in [0.25, 0.3) is 0 Å². The van der Waals surface area contributed by atoms with Crippen molar-refractivity contribution in [2.75, 3.05) is 6.61 Å². The molecule has 0 aromatic heterocycles. The molecule has 0 amide bonds. The monoisotopic (exact) mass is 256 g/mol. The summed E-state index contributed by atoms with van der Waals surface area (Å²) in [5.74, 6) is -0.166. The molecular weight excluding hydrogens is 244 g/mol. The summed E-state index contributed by atoms with van der Waals surface area (Å²) >= 11 is 3.39. The number of hydrogen-bond acceptors (Lipinski definition) is 2. The van der Waals surface area contributed by atoms with E-state index in [0.29, 0.717) is 13.0 Å². The van der Waals surface area contributed by atoms with Crippen molar-refractivity contribution >= 4 is 21.9 Å². The van der Waals surface area contributed by atoms with Crippen LogP contribution >= 0.6 is 15.9 Å². The molecule has 0 atom stereocenters. The first-order chi connectivity index (χ1) is 6.77. The molecule has 14 heavy (non-hydrogen) atoms. The van der Waals surface area contributed by atoms with Crippen LogP contribution in [0.25, 0.3) is 0 Å². The maximum atomic E-state index is 11.2. The maximum absolute atomic E-state index is 11.2. The first-order valence-electron chi connectivity index (χ1n) is 4.56. The molecule has 0 spiro atoms. The van der Waals surface area contributed by atoms with Crippen molar-refractivity contribution in [3.8, 4) is 0 Å². The predicted octanol–water partition coefficient (Wildman–Crippen LogP) is 2.69. The molecular formula is C11H13BrO2. The van der Waals surface area contributed by atoms with Crippen molar-refractivity contribution in [3.05, 3.63) is 35.4 Å². The fourth-order valence-corrected chi connectivity index (χ4v) is 1.77. The molecule has 3 heteroatoms. The van der Waals surface area contributed by atoms with E-state index < -0.39 is 0 Å². The zero-order valence-electron chi connectivity index (χ0n) is 8.13. The SMILES string of the molecule is CCOC(=O)Cc1ccccc1CBr. The summed E-state index contributed by atoms with van der Waals surface area (Å²) in [6.45, 7) is 2.25. The molecule has 0 fully saturated rings. The van der Waals surface area contributed by atoms with Gasteiger partial charge in [0, 0.05) is 5.33 Å². The summed E-state index contributed by atoms with van der Waals surface area (Å²) in [5, 5.41) is 0.766. The van der Waals surface area contributed by atoms with Gasteiger partial charge in [-0.25, -0.2) is 0 Å². The van der Waals surface area contributed by atoms with Gasteiger partial charge in [0.15, 0.2) is 0 Å². The number of carbonyl (C=O) groups excluding carboxylic acids is 1. The first-order valence-corrected chi connectivity index (χ1v) is 5.68. The second kappa shape index (κ2) is 5.81. The summed E-state index contributed by atoms with van der Waals surface area (Å²) in [4.78, 5) is 11.2. The molecule has 0 saturated heterocycles. The minimum Gasteiger partial charge on any atom is -0.466 e. The Morgan fingerprint density at radius 3 is 2.57 bits per heavy atom. The zero-order valence-corrected chi connectivity index (χ0v) is 9.71. The number of rotatable bonds is 4. The molecule has 1 aromatic carbocycles. The quantitative estimate of drug-likeness (QED) is 0.612. The van der Waals surface area contributed by atoms with Crippen LogP contribution in [-0.4, -0.2) is 12.6 Å². The fourth-order valence-electron chi connectivity index (χ4n) is 1.23. The Bertz CT molecular complexity index is 310. The van der Waals surface area contributed by atoms with Gasteiger partial charge < -0.3 is 4.74 Å². The Morgan fingerprint density at radius 1 is 1.36 bits per heavy atom. The van der Waals surface area contributed by atoms with Crippen LogP contribution in [-0.2, 0) is 21.3 Å². The van der Waals surface area contributed by atoms with Gasteiger partial charge in [-0.05, 0) is 18.1 Å². The predicted molar refractivity (Wildman–Crippen MR) is 59.4 cm³/mol. The van der Waals surface area contributed by atoms with Gasteiger partial charge in [0.05, 0.1) is 13.0 Å². The van der Waals surface area contributed by atoms with Crippen molar-refractivity contribution in [1.82, 2.24) is 0 Å². The lowest BCUT2D eigenvalue weighted by Crippen LogP contribution is -2.08. The van der Waals surface area contributed by atoms with Crippen LogP contribution in [0.5, 0.6) is 0 Å². The number of halogens is 1.